The zero-order chi connectivity index (χ0) is 15.9. The fourth-order valence-electron chi connectivity index (χ4n) is 2.18. The third-order valence-corrected chi connectivity index (χ3v) is 3.24. The van der Waals surface area contributed by atoms with Crippen molar-refractivity contribution in [1.82, 2.24) is 15.2 Å². The molecule has 0 atom stereocenters. The van der Waals surface area contributed by atoms with Crippen molar-refractivity contribution in [1.29, 1.82) is 0 Å². The number of aromatic amines is 1. The van der Waals surface area contributed by atoms with Crippen LogP contribution < -0.4 is 10.1 Å². The van der Waals surface area contributed by atoms with Crippen LogP contribution in [0.5, 0.6) is 5.75 Å². The fourth-order valence-corrected chi connectivity index (χ4v) is 2.18. The quantitative estimate of drug-likeness (QED) is 0.733. The number of amides is 1. The maximum absolute atomic E-state index is 11.8. The van der Waals surface area contributed by atoms with Gasteiger partial charge in [0.15, 0.2) is 6.61 Å². The van der Waals surface area contributed by atoms with Crippen LogP contribution >= 0.6 is 0 Å². The topological polar surface area (TPSA) is 79.9 Å². The Balaban J connectivity index is 1.62. The predicted molar refractivity (Wildman–Crippen MR) is 86.2 cm³/mol. The standard InChI is InChI=1S/C17H16N4O2/c22-16(20-17-18-12-19-21-17)11-23-15-9-5-4-8-14(15)10-13-6-2-1-3-7-13/h1-9,12H,10-11H2,(H2,18,19,20,21,22). The second-order valence-corrected chi connectivity index (χ2v) is 4.94. The number of rotatable bonds is 6. The molecule has 0 saturated heterocycles. The van der Waals surface area contributed by atoms with Gasteiger partial charge in [0.2, 0.25) is 5.95 Å². The molecule has 2 aromatic carbocycles. The third kappa shape index (κ3) is 4.16. The number of hydrogen-bond acceptors (Lipinski definition) is 4. The van der Waals surface area contributed by atoms with E-state index >= 15 is 0 Å². The molecule has 3 rings (SSSR count). The molecule has 23 heavy (non-hydrogen) atoms. The van der Waals surface area contributed by atoms with E-state index in [-0.39, 0.29) is 12.5 Å². The number of ether oxygens (including phenoxy) is 1. The summed E-state index contributed by atoms with van der Waals surface area (Å²) in [6.45, 7) is -0.0908. The van der Waals surface area contributed by atoms with Crippen LogP contribution in [0.25, 0.3) is 0 Å². The van der Waals surface area contributed by atoms with E-state index in [1.165, 1.54) is 11.9 Å². The fraction of sp³-hybridized carbons (Fsp3) is 0.118. The summed E-state index contributed by atoms with van der Waals surface area (Å²) in [5.41, 5.74) is 2.22. The number of carbonyl (C=O) groups excluding carboxylic acids is 1. The Morgan fingerprint density at radius 3 is 2.65 bits per heavy atom. The zero-order valence-corrected chi connectivity index (χ0v) is 12.4. The van der Waals surface area contributed by atoms with E-state index in [4.69, 9.17) is 4.74 Å². The molecule has 0 aliphatic rings. The van der Waals surface area contributed by atoms with Crippen LogP contribution in [0.3, 0.4) is 0 Å². The molecule has 6 heteroatoms. The van der Waals surface area contributed by atoms with Crippen LogP contribution in [0.2, 0.25) is 0 Å². The van der Waals surface area contributed by atoms with Crippen LogP contribution in [-0.2, 0) is 11.2 Å². The summed E-state index contributed by atoms with van der Waals surface area (Å²) >= 11 is 0. The highest BCUT2D eigenvalue weighted by Crippen LogP contribution is 2.21. The molecule has 3 aromatic rings. The number of nitrogens with one attached hydrogen (secondary N) is 2. The summed E-state index contributed by atoms with van der Waals surface area (Å²) in [7, 11) is 0. The van der Waals surface area contributed by atoms with Crippen molar-refractivity contribution < 1.29 is 9.53 Å². The van der Waals surface area contributed by atoms with Gasteiger partial charge in [0, 0.05) is 6.42 Å². The summed E-state index contributed by atoms with van der Waals surface area (Å²) in [5.74, 6) is 0.705. The zero-order valence-electron chi connectivity index (χ0n) is 12.4. The number of hydrogen-bond donors (Lipinski definition) is 2. The van der Waals surface area contributed by atoms with E-state index in [1.54, 1.807) is 0 Å². The van der Waals surface area contributed by atoms with Gasteiger partial charge in [0.05, 0.1) is 0 Å². The van der Waals surface area contributed by atoms with Gasteiger partial charge in [0.1, 0.15) is 12.1 Å². The average molecular weight is 308 g/mol. The second kappa shape index (κ2) is 7.22. The van der Waals surface area contributed by atoms with Gasteiger partial charge < -0.3 is 4.74 Å². The molecule has 0 bridgehead atoms. The number of aromatic nitrogens is 3. The Morgan fingerprint density at radius 2 is 1.87 bits per heavy atom. The Bertz CT molecular complexity index is 757. The molecule has 0 fully saturated rings. The Labute approximate surface area is 133 Å². The Kier molecular flexibility index (Phi) is 4.63. The van der Waals surface area contributed by atoms with Crippen molar-refractivity contribution in [2.45, 2.75) is 6.42 Å². The molecular weight excluding hydrogens is 292 g/mol. The molecule has 6 nitrogen and oxygen atoms in total. The highest BCUT2D eigenvalue weighted by Gasteiger charge is 2.08. The van der Waals surface area contributed by atoms with E-state index < -0.39 is 0 Å². The van der Waals surface area contributed by atoms with E-state index in [0.29, 0.717) is 11.7 Å². The first-order chi connectivity index (χ1) is 11.3. The molecule has 0 aliphatic carbocycles. The average Bonchev–Trinajstić information content (AvgIpc) is 3.08. The maximum Gasteiger partial charge on any atom is 0.264 e. The molecule has 0 unspecified atom stereocenters. The van der Waals surface area contributed by atoms with Crippen LogP contribution in [-0.4, -0.2) is 27.7 Å². The first-order valence-corrected chi connectivity index (χ1v) is 7.21. The molecular formula is C17H16N4O2. The number of para-hydroxylation sites is 1. The molecule has 0 aliphatic heterocycles. The highest BCUT2D eigenvalue weighted by molar-refractivity contribution is 5.90. The van der Waals surface area contributed by atoms with Gasteiger partial charge in [-0.05, 0) is 17.2 Å². The molecule has 0 spiro atoms. The van der Waals surface area contributed by atoms with Crippen LogP contribution in [0.15, 0.2) is 60.9 Å². The lowest BCUT2D eigenvalue weighted by molar-refractivity contribution is -0.118. The first kappa shape index (κ1) is 14.8. The molecule has 0 radical (unpaired) electrons. The number of benzene rings is 2. The lowest BCUT2D eigenvalue weighted by Crippen LogP contribution is -2.21. The van der Waals surface area contributed by atoms with Crippen molar-refractivity contribution in [3.05, 3.63) is 72.1 Å². The summed E-state index contributed by atoms with van der Waals surface area (Å²) in [4.78, 5) is 15.7. The maximum atomic E-state index is 11.8. The van der Waals surface area contributed by atoms with Crippen LogP contribution in [0, 0.1) is 0 Å². The second-order valence-electron chi connectivity index (χ2n) is 4.94. The third-order valence-electron chi connectivity index (χ3n) is 3.24. The van der Waals surface area contributed by atoms with Crippen LogP contribution in [0.1, 0.15) is 11.1 Å². The SMILES string of the molecule is O=C(COc1ccccc1Cc1ccccc1)Nc1ncn[nH]1. The summed E-state index contributed by atoms with van der Waals surface area (Å²) < 4.78 is 5.65. The van der Waals surface area contributed by atoms with E-state index in [2.05, 4.69) is 32.6 Å². The number of nitrogens with zero attached hydrogens (tertiary/aromatic N) is 2. The molecule has 1 heterocycles. The molecule has 116 valence electrons. The van der Waals surface area contributed by atoms with Crippen molar-refractivity contribution in [3.63, 3.8) is 0 Å². The van der Waals surface area contributed by atoms with Crippen molar-refractivity contribution in [2.24, 2.45) is 0 Å². The summed E-state index contributed by atoms with van der Waals surface area (Å²) in [5, 5.41) is 8.79. The lowest BCUT2D eigenvalue weighted by Gasteiger charge is -2.11. The van der Waals surface area contributed by atoms with Crippen LogP contribution in [0.4, 0.5) is 5.95 Å². The van der Waals surface area contributed by atoms with Crippen molar-refractivity contribution >= 4 is 11.9 Å². The minimum absolute atomic E-state index is 0.0908. The first-order valence-electron chi connectivity index (χ1n) is 7.21. The molecule has 2 N–H and O–H groups in total. The molecule has 1 aromatic heterocycles. The number of anilines is 1. The van der Waals surface area contributed by atoms with Gasteiger partial charge in [-0.1, -0.05) is 48.5 Å². The van der Waals surface area contributed by atoms with E-state index in [0.717, 1.165) is 12.0 Å². The normalized spacial score (nSPS) is 10.3. The van der Waals surface area contributed by atoms with Gasteiger partial charge >= 0.3 is 0 Å². The summed E-state index contributed by atoms with van der Waals surface area (Å²) in [6.07, 6.45) is 2.08. The highest BCUT2D eigenvalue weighted by atomic mass is 16.5. The van der Waals surface area contributed by atoms with Gasteiger partial charge in [-0.3, -0.25) is 10.1 Å². The number of carbonyl (C=O) groups is 1. The smallest absolute Gasteiger partial charge is 0.264 e. The lowest BCUT2D eigenvalue weighted by atomic mass is 10.0. The van der Waals surface area contributed by atoms with E-state index in [9.17, 15) is 4.79 Å². The van der Waals surface area contributed by atoms with Gasteiger partial charge in [-0.15, -0.1) is 0 Å². The van der Waals surface area contributed by atoms with Crippen molar-refractivity contribution in [2.75, 3.05) is 11.9 Å². The van der Waals surface area contributed by atoms with Crippen molar-refractivity contribution in [3.8, 4) is 5.75 Å². The van der Waals surface area contributed by atoms with Gasteiger partial charge in [-0.2, -0.15) is 10.1 Å². The number of H-pyrrole nitrogens is 1. The minimum Gasteiger partial charge on any atom is -0.483 e. The van der Waals surface area contributed by atoms with Gasteiger partial charge in [0.25, 0.3) is 5.91 Å². The Hall–Kier alpha value is -3.15. The summed E-state index contributed by atoms with van der Waals surface area (Å²) in [6, 6.07) is 17.8. The minimum atomic E-state index is -0.295. The molecule has 0 saturated carbocycles. The largest absolute Gasteiger partial charge is 0.483 e. The van der Waals surface area contributed by atoms with Gasteiger partial charge in [-0.25, -0.2) is 5.10 Å². The van der Waals surface area contributed by atoms with E-state index in [1.807, 2.05) is 42.5 Å². The molecule has 1 amide bonds. The monoisotopic (exact) mass is 308 g/mol. The predicted octanol–water partition coefficient (Wildman–Crippen LogP) is 2.41. The Morgan fingerprint density at radius 1 is 1.09 bits per heavy atom.